The first-order chi connectivity index (χ1) is 9.58. The fourth-order valence-electron chi connectivity index (χ4n) is 1.50. The summed E-state index contributed by atoms with van der Waals surface area (Å²) in [7, 11) is 1.42. The Morgan fingerprint density at radius 3 is 3.00 bits per heavy atom. The minimum Gasteiger partial charge on any atom is -0.497 e. The van der Waals surface area contributed by atoms with Gasteiger partial charge in [-0.15, -0.1) is 0 Å². The minimum absolute atomic E-state index is 0.0736. The third-order valence-electron chi connectivity index (χ3n) is 2.41. The molecule has 20 heavy (non-hydrogen) atoms. The Hall–Kier alpha value is -2.64. The Balaban J connectivity index is 2.12. The fraction of sp³-hybridized carbons (Fsp3) is 0.250. The molecule has 0 saturated carbocycles. The third kappa shape index (κ3) is 3.44. The van der Waals surface area contributed by atoms with E-state index in [9.17, 15) is 9.18 Å². The van der Waals surface area contributed by atoms with E-state index in [1.807, 2.05) is 0 Å². The van der Waals surface area contributed by atoms with Crippen molar-refractivity contribution in [2.45, 2.75) is 6.42 Å². The minimum atomic E-state index is -0.938. The number of nitrogens with one attached hydrogen (secondary N) is 1. The van der Waals surface area contributed by atoms with Crippen LogP contribution in [0.15, 0.2) is 22.7 Å². The second-order valence-corrected chi connectivity index (χ2v) is 3.87. The maximum atomic E-state index is 13.4. The second-order valence-electron chi connectivity index (χ2n) is 3.87. The number of carboxylic acid groups (broad SMARTS) is 1. The lowest BCUT2D eigenvalue weighted by Crippen LogP contribution is -2.07. The number of rotatable bonds is 6. The number of nitrogens with zero attached hydrogens (tertiary/aromatic N) is 2. The summed E-state index contributed by atoms with van der Waals surface area (Å²) >= 11 is 0. The molecular formula is C12H12FN3O4. The maximum absolute atomic E-state index is 13.4. The number of carbonyl (C=O) groups is 1. The number of carboxylic acids is 1. The average Bonchev–Trinajstić information content (AvgIpc) is 2.86. The van der Waals surface area contributed by atoms with Gasteiger partial charge in [0.15, 0.2) is 0 Å². The molecule has 0 aliphatic carbocycles. The summed E-state index contributed by atoms with van der Waals surface area (Å²) in [4.78, 5) is 14.4. The van der Waals surface area contributed by atoms with E-state index in [0.717, 1.165) is 0 Å². The molecule has 1 heterocycles. The van der Waals surface area contributed by atoms with Gasteiger partial charge in [-0.1, -0.05) is 5.16 Å². The summed E-state index contributed by atoms with van der Waals surface area (Å²) in [6, 6.07) is 4.11. The number of ether oxygens (including phenoxy) is 1. The molecule has 8 heteroatoms. The van der Waals surface area contributed by atoms with Gasteiger partial charge in [-0.25, -0.2) is 4.39 Å². The molecule has 0 bridgehead atoms. The van der Waals surface area contributed by atoms with Crippen LogP contribution in [0.5, 0.6) is 5.75 Å². The lowest BCUT2D eigenvalue weighted by atomic mass is 10.2. The molecular weight excluding hydrogens is 269 g/mol. The highest BCUT2D eigenvalue weighted by Gasteiger charge is 2.11. The van der Waals surface area contributed by atoms with Crippen LogP contribution in [0.2, 0.25) is 0 Å². The Labute approximate surface area is 113 Å². The molecule has 0 radical (unpaired) electrons. The van der Waals surface area contributed by atoms with Gasteiger partial charge in [0.05, 0.1) is 13.5 Å². The highest BCUT2D eigenvalue weighted by atomic mass is 19.1. The van der Waals surface area contributed by atoms with Crippen molar-refractivity contribution in [2.24, 2.45) is 0 Å². The van der Waals surface area contributed by atoms with Crippen molar-refractivity contribution in [1.29, 1.82) is 0 Å². The summed E-state index contributed by atoms with van der Waals surface area (Å²) < 4.78 is 23.2. The van der Waals surface area contributed by atoms with Gasteiger partial charge >= 0.3 is 12.0 Å². The van der Waals surface area contributed by atoms with E-state index in [2.05, 4.69) is 15.5 Å². The number of aromatic nitrogens is 2. The van der Waals surface area contributed by atoms with Gasteiger partial charge in [-0.3, -0.25) is 4.79 Å². The molecule has 2 N–H and O–H groups in total. The number of anilines is 1. The Morgan fingerprint density at radius 2 is 2.30 bits per heavy atom. The monoisotopic (exact) mass is 281 g/mol. The zero-order valence-corrected chi connectivity index (χ0v) is 10.6. The largest absolute Gasteiger partial charge is 0.497 e. The lowest BCUT2D eigenvalue weighted by molar-refractivity contribution is -0.136. The fourth-order valence-corrected chi connectivity index (χ4v) is 1.50. The van der Waals surface area contributed by atoms with E-state index in [-0.39, 0.29) is 24.8 Å². The van der Waals surface area contributed by atoms with Gasteiger partial charge in [0.25, 0.3) is 0 Å². The topological polar surface area (TPSA) is 97.5 Å². The number of benzene rings is 1. The highest BCUT2D eigenvalue weighted by molar-refractivity contribution is 5.67. The molecule has 0 spiro atoms. The summed E-state index contributed by atoms with van der Waals surface area (Å²) in [5.41, 5.74) is 0.400. The standard InChI is InChI=1S/C12H12FN3O4/c1-19-9-5-7(4-8(13)6-9)11-15-12(20-16-11)14-3-2-10(17)18/h4-6H,2-3H2,1H3,(H,17,18)(H,14,15,16). The van der Waals surface area contributed by atoms with Crippen LogP contribution in [0.1, 0.15) is 6.42 Å². The zero-order chi connectivity index (χ0) is 14.5. The van der Waals surface area contributed by atoms with Crippen LogP contribution in [0.25, 0.3) is 11.4 Å². The van der Waals surface area contributed by atoms with Crippen LogP contribution in [-0.4, -0.2) is 34.9 Å². The third-order valence-corrected chi connectivity index (χ3v) is 2.41. The first kappa shape index (κ1) is 13.8. The predicted molar refractivity (Wildman–Crippen MR) is 67.0 cm³/mol. The maximum Gasteiger partial charge on any atom is 0.321 e. The number of methoxy groups -OCH3 is 1. The number of hydrogen-bond acceptors (Lipinski definition) is 6. The van der Waals surface area contributed by atoms with E-state index in [4.69, 9.17) is 14.4 Å². The second kappa shape index (κ2) is 6.00. The molecule has 0 aliphatic rings. The molecule has 0 atom stereocenters. The molecule has 0 fully saturated rings. The van der Waals surface area contributed by atoms with Crippen LogP contribution in [0, 0.1) is 5.82 Å². The first-order valence-electron chi connectivity index (χ1n) is 5.73. The number of hydrogen-bond donors (Lipinski definition) is 2. The Bertz CT molecular complexity index is 614. The van der Waals surface area contributed by atoms with Gasteiger partial charge in [0, 0.05) is 18.2 Å². The molecule has 0 saturated heterocycles. The number of aliphatic carboxylic acids is 1. The van der Waals surface area contributed by atoms with E-state index >= 15 is 0 Å². The van der Waals surface area contributed by atoms with Crippen molar-refractivity contribution < 1.29 is 23.6 Å². The van der Waals surface area contributed by atoms with Crippen molar-refractivity contribution in [1.82, 2.24) is 10.1 Å². The van der Waals surface area contributed by atoms with Crippen LogP contribution in [-0.2, 0) is 4.79 Å². The van der Waals surface area contributed by atoms with Crippen LogP contribution in [0.4, 0.5) is 10.4 Å². The van der Waals surface area contributed by atoms with Gasteiger partial charge in [0.1, 0.15) is 11.6 Å². The Morgan fingerprint density at radius 1 is 1.50 bits per heavy atom. The van der Waals surface area contributed by atoms with Crippen molar-refractivity contribution in [3.05, 3.63) is 24.0 Å². The zero-order valence-electron chi connectivity index (χ0n) is 10.6. The van der Waals surface area contributed by atoms with Crippen LogP contribution in [0.3, 0.4) is 0 Å². The summed E-state index contributed by atoms with van der Waals surface area (Å²) in [6.45, 7) is 0.156. The number of halogens is 1. The molecule has 2 rings (SSSR count). The molecule has 1 aromatic carbocycles. The van der Waals surface area contributed by atoms with Crippen molar-refractivity contribution in [2.75, 3.05) is 19.0 Å². The molecule has 2 aromatic rings. The summed E-state index contributed by atoms with van der Waals surface area (Å²) in [5, 5.41) is 14.8. The quantitative estimate of drug-likeness (QED) is 0.832. The smallest absolute Gasteiger partial charge is 0.321 e. The lowest BCUT2D eigenvalue weighted by Gasteiger charge is -2.01. The van der Waals surface area contributed by atoms with Gasteiger partial charge in [-0.05, 0) is 12.1 Å². The van der Waals surface area contributed by atoms with E-state index in [0.29, 0.717) is 11.3 Å². The first-order valence-corrected chi connectivity index (χ1v) is 5.73. The molecule has 0 amide bonds. The average molecular weight is 281 g/mol. The molecule has 0 aliphatic heterocycles. The van der Waals surface area contributed by atoms with Crippen molar-refractivity contribution in [3.8, 4) is 17.1 Å². The van der Waals surface area contributed by atoms with Crippen molar-refractivity contribution >= 4 is 12.0 Å². The Kier molecular flexibility index (Phi) is 4.14. The normalized spacial score (nSPS) is 10.3. The van der Waals surface area contributed by atoms with Gasteiger partial charge in [0.2, 0.25) is 5.82 Å². The summed E-state index contributed by atoms with van der Waals surface area (Å²) in [5.74, 6) is -0.901. The van der Waals surface area contributed by atoms with Gasteiger partial charge in [-0.2, -0.15) is 4.98 Å². The van der Waals surface area contributed by atoms with Crippen LogP contribution >= 0.6 is 0 Å². The molecule has 0 unspecified atom stereocenters. The summed E-state index contributed by atoms with van der Waals surface area (Å²) in [6.07, 6.45) is -0.0779. The SMILES string of the molecule is COc1cc(F)cc(-c2noc(NCCC(=O)O)n2)c1. The van der Waals surface area contributed by atoms with E-state index in [1.54, 1.807) is 6.07 Å². The highest BCUT2D eigenvalue weighted by Crippen LogP contribution is 2.24. The molecule has 1 aromatic heterocycles. The predicted octanol–water partition coefficient (Wildman–Crippen LogP) is 1.77. The van der Waals surface area contributed by atoms with Crippen LogP contribution < -0.4 is 10.1 Å². The van der Waals surface area contributed by atoms with E-state index in [1.165, 1.54) is 19.2 Å². The van der Waals surface area contributed by atoms with Crippen molar-refractivity contribution in [3.63, 3.8) is 0 Å². The van der Waals surface area contributed by atoms with E-state index < -0.39 is 11.8 Å². The van der Waals surface area contributed by atoms with Gasteiger partial charge < -0.3 is 19.7 Å². The molecule has 7 nitrogen and oxygen atoms in total. The molecule has 106 valence electrons.